The summed E-state index contributed by atoms with van der Waals surface area (Å²) in [6.07, 6.45) is -2.99. The number of thioether (sulfide) groups is 1. The maximum Gasteiger partial charge on any atom is 0.422 e. The molecule has 1 fully saturated rings. The SMILES string of the molecule is I.NC(=NCc1ccnc(OCC(F)(F)F)c1)N1CCSCC1. The molecule has 0 saturated carbocycles. The highest BCUT2D eigenvalue weighted by atomic mass is 127. The van der Waals surface area contributed by atoms with Gasteiger partial charge in [0.15, 0.2) is 12.6 Å². The fourth-order valence-electron chi connectivity index (χ4n) is 1.85. The quantitative estimate of drug-likeness (QED) is 0.424. The van der Waals surface area contributed by atoms with Gasteiger partial charge in [-0.3, -0.25) is 0 Å². The first-order valence-electron chi connectivity index (χ1n) is 6.71. The summed E-state index contributed by atoms with van der Waals surface area (Å²) in [6, 6.07) is 3.11. The van der Waals surface area contributed by atoms with Crippen LogP contribution in [-0.4, -0.2) is 53.2 Å². The standard InChI is InChI=1S/C13H17F3N4OS.HI/c14-13(15,16)9-21-11-7-10(1-2-18-11)8-19-12(17)20-3-5-22-6-4-20;/h1-2,7H,3-6,8-9H2,(H2,17,19);1H. The Morgan fingerprint density at radius 1 is 1.39 bits per heavy atom. The van der Waals surface area contributed by atoms with E-state index in [1.807, 2.05) is 16.7 Å². The number of nitrogens with two attached hydrogens (primary N) is 1. The molecule has 23 heavy (non-hydrogen) atoms. The lowest BCUT2D eigenvalue weighted by Crippen LogP contribution is -2.42. The van der Waals surface area contributed by atoms with Crippen LogP contribution in [0.25, 0.3) is 0 Å². The van der Waals surface area contributed by atoms with Crippen LogP contribution in [-0.2, 0) is 6.54 Å². The Labute approximate surface area is 153 Å². The molecular weight excluding hydrogens is 444 g/mol. The summed E-state index contributed by atoms with van der Waals surface area (Å²) in [5.41, 5.74) is 6.62. The van der Waals surface area contributed by atoms with Crippen LogP contribution in [0.1, 0.15) is 5.56 Å². The lowest BCUT2D eigenvalue weighted by atomic mass is 10.3. The van der Waals surface area contributed by atoms with Gasteiger partial charge in [-0.25, -0.2) is 9.98 Å². The van der Waals surface area contributed by atoms with E-state index >= 15 is 0 Å². The molecule has 0 unspecified atom stereocenters. The van der Waals surface area contributed by atoms with Crippen LogP contribution >= 0.6 is 35.7 Å². The molecule has 2 rings (SSSR count). The predicted molar refractivity (Wildman–Crippen MR) is 95.4 cm³/mol. The Bertz CT molecular complexity index is 524. The number of hydrogen-bond acceptors (Lipinski definition) is 4. The number of aliphatic imine (C=N–C) groups is 1. The van der Waals surface area contributed by atoms with Crippen LogP contribution in [0, 0.1) is 0 Å². The van der Waals surface area contributed by atoms with Gasteiger partial charge < -0.3 is 15.4 Å². The van der Waals surface area contributed by atoms with E-state index in [1.165, 1.54) is 12.3 Å². The van der Waals surface area contributed by atoms with Gasteiger partial charge in [-0.2, -0.15) is 24.9 Å². The van der Waals surface area contributed by atoms with Crippen molar-refractivity contribution < 1.29 is 17.9 Å². The summed E-state index contributed by atoms with van der Waals surface area (Å²) in [4.78, 5) is 10.0. The number of halogens is 4. The molecule has 0 amide bonds. The van der Waals surface area contributed by atoms with E-state index in [4.69, 9.17) is 5.73 Å². The second kappa shape index (κ2) is 9.40. The smallest absolute Gasteiger partial charge is 0.422 e. The fraction of sp³-hybridized carbons (Fsp3) is 0.538. The van der Waals surface area contributed by atoms with E-state index in [1.54, 1.807) is 6.07 Å². The number of nitrogens with zero attached hydrogens (tertiary/aromatic N) is 3. The van der Waals surface area contributed by atoms with E-state index in [-0.39, 0.29) is 36.4 Å². The van der Waals surface area contributed by atoms with Crippen molar-refractivity contribution in [2.45, 2.75) is 12.7 Å². The second-order valence-electron chi connectivity index (χ2n) is 4.68. The molecule has 0 bridgehead atoms. The summed E-state index contributed by atoms with van der Waals surface area (Å²) in [5, 5.41) is 0. The summed E-state index contributed by atoms with van der Waals surface area (Å²) >= 11 is 1.87. The minimum atomic E-state index is -4.38. The highest BCUT2D eigenvalue weighted by molar-refractivity contribution is 14.0. The van der Waals surface area contributed by atoms with Crippen molar-refractivity contribution in [3.05, 3.63) is 23.9 Å². The summed E-state index contributed by atoms with van der Waals surface area (Å²) < 4.78 is 40.9. The van der Waals surface area contributed by atoms with Crippen molar-refractivity contribution in [3.8, 4) is 5.88 Å². The number of pyridine rings is 1. The molecule has 5 nitrogen and oxygen atoms in total. The minimum absolute atomic E-state index is 0. The predicted octanol–water partition coefficient (Wildman–Crippen LogP) is 2.50. The van der Waals surface area contributed by atoms with Crippen molar-refractivity contribution in [2.24, 2.45) is 10.7 Å². The van der Waals surface area contributed by atoms with Crippen molar-refractivity contribution in [1.29, 1.82) is 0 Å². The van der Waals surface area contributed by atoms with Crippen molar-refractivity contribution >= 4 is 41.7 Å². The van der Waals surface area contributed by atoms with Crippen molar-refractivity contribution in [2.75, 3.05) is 31.2 Å². The van der Waals surface area contributed by atoms with Gasteiger partial charge in [0, 0.05) is 36.9 Å². The number of alkyl halides is 3. The largest absolute Gasteiger partial charge is 0.468 e. The molecule has 0 atom stereocenters. The normalized spacial score (nSPS) is 16.0. The Morgan fingerprint density at radius 3 is 2.74 bits per heavy atom. The topological polar surface area (TPSA) is 63.7 Å². The van der Waals surface area contributed by atoms with E-state index in [9.17, 15) is 13.2 Å². The number of aromatic nitrogens is 1. The molecule has 2 heterocycles. The Kier molecular flexibility index (Phi) is 8.23. The zero-order valence-electron chi connectivity index (χ0n) is 12.3. The monoisotopic (exact) mass is 462 g/mol. The number of rotatable bonds is 4. The lowest BCUT2D eigenvalue weighted by molar-refractivity contribution is -0.154. The Balaban J connectivity index is 0.00000264. The first-order chi connectivity index (χ1) is 10.4. The lowest BCUT2D eigenvalue weighted by Gasteiger charge is -2.27. The summed E-state index contributed by atoms with van der Waals surface area (Å²) in [5.74, 6) is 2.41. The number of guanidine groups is 1. The molecule has 1 aliphatic rings. The Morgan fingerprint density at radius 2 is 2.09 bits per heavy atom. The Hall–Kier alpha value is -0.910. The first-order valence-corrected chi connectivity index (χ1v) is 7.86. The van der Waals surface area contributed by atoms with Crippen molar-refractivity contribution in [3.63, 3.8) is 0 Å². The molecule has 130 valence electrons. The van der Waals surface area contributed by atoms with Crippen LogP contribution in [0.3, 0.4) is 0 Å². The van der Waals surface area contributed by atoms with E-state index < -0.39 is 12.8 Å². The van der Waals surface area contributed by atoms with Crippen LogP contribution in [0.5, 0.6) is 5.88 Å². The first kappa shape index (κ1) is 20.1. The van der Waals surface area contributed by atoms with Crippen LogP contribution < -0.4 is 10.5 Å². The second-order valence-corrected chi connectivity index (χ2v) is 5.90. The van der Waals surface area contributed by atoms with E-state index in [2.05, 4.69) is 14.7 Å². The molecule has 1 aliphatic heterocycles. The molecule has 10 heteroatoms. The van der Waals surface area contributed by atoms with E-state index in [0.717, 1.165) is 24.6 Å². The molecule has 0 spiro atoms. The molecule has 1 aromatic rings. The molecule has 0 aliphatic carbocycles. The average molecular weight is 462 g/mol. The third-order valence-electron chi connectivity index (χ3n) is 2.94. The van der Waals surface area contributed by atoms with Gasteiger partial charge in [-0.1, -0.05) is 0 Å². The highest BCUT2D eigenvalue weighted by Crippen LogP contribution is 2.18. The molecule has 0 aromatic carbocycles. The molecular formula is C13H18F3IN4OS. The molecule has 1 aromatic heterocycles. The highest BCUT2D eigenvalue weighted by Gasteiger charge is 2.28. The third-order valence-corrected chi connectivity index (χ3v) is 3.88. The van der Waals surface area contributed by atoms with Gasteiger partial charge in [0.2, 0.25) is 5.88 Å². The van der Waals surface area contributed by atoms with Crippen molar-refractivity contribution in [1.82, 2.24) is 9.88 Å². The number of hydrogen-bond donors (Lipinski definition) is 1. The van der Waals surface area contributed by atoms with Gasteiger partial charge >= 0.3 is 6.18 Å². The summed E-state index contributed by atoms with van der Waals surface area (Å²) in [7, 11) is 0. The van der Waals surface area contributed by atoms with Gasteiger partial charge in [0.1, 0.15) is 0 Å². The van der Waals surface area contributed by atoms with Gasteiger partial charge in [-0.05, 0) is 11.6 Å². The van der Waals surface area contributed by atoms with E-state index in [0.29, 0.717) is 11.5 Å². The third kappa shape index (κ3) is 7.46. The van der Waals surface area contributed by atoms with Gasteiger partial charge in [0.05, 0.1) is 6.54 Å². The van der Waals surface area contributed by atoms with Crippen LogP contribution in [0.4, 0.5) is 13.2 Å². The zero-order valence-corrected chi connectivity index (χ0v) is 15.4. The zero-order chi connectivity index (χ0) is 16.0. The maximum atomic E-state index is 12.1. The molecule has 1 saturated heterocycles. The molecule has 2 N–H and O–H groups in total. The van der Waals surface area contributed by atoms with Gasteiger partial charge in [-0.15, -0.1) is 24.0 Å². The number of ether oxygens (including phenoxy) is 1. The summed E-state index contributed by atoms with van der Waals surface area (Å²) in [6.45, 7) is 0.632. The fourth-order valence-corrected chi connectivity index (χ4v) is 2.75. The van der Waals surface area contributed by atoms with Crippen LogP contribution in [0.2, 0.25) is 0 Å². The maximum absolute atomic E-state index is 12.1. The van der Waals surface area contributed by atoms with Crippen LogP contribution in [0.15, 0.2) is 23.3 Å². The minimum Gasteiger partial charge on any atom is -0.468 e. The van der Waals surface area contributed by atoms with Gasteiger partial charge in [0.25, 0.3) is 0 Å². The molecule has 0 radical (unpaired) electrons. The average Bonchev–Trinajstić information content (AvgIpc) is 2.51.